The maximum atomic E-state index is 12.5. The maximum absolute atomic E-state index is 12.5. The van der Waals surface area contributed by atoms with Crippen molar-refractivity contribution in [1.29, 1.82) is 0 Å². The van der Waals surface area contributed by atoms with Crippen LogP contribution in [0.2, 0.25) is 0 Å². The Balaban J connectivity index is 2.24. The van der Waals surface area contributed by atoms with Crippen molar-refractivity contribution in [1.82, 2.24) is 24.3 Å². The van der Waals surface area contributed by atoms with E-state index in [1.807, 2.05) is 18.5 Å². The SMILES string of the molecule is CCn1ncc(CNS(=O)(=O)c2c(C)nn(C)c2C)c1C. The predicted octanol–water partition coefficient (Wildman–Crippen LogP) is 1.04. The van der Waals surface area contributed by atoms with E-state index in [1.54, 1.807) is 31.8 Å². The second-order valence-electron chi connectivity index (χ2n) is 5.02. The van der Waals surface area contributed by atoms with E-state index in [2.05, 4.69) is 14.9 Å². The molecule has 2 rings (SSSR count). The molecule has 0 amide bonds. The summed E-state index contributed by atoms with van der Waals surface area (Å²) in [6.07, 6.45) is 1.70. The molecule has 0 saturated heterocycles. The average Bonchev–Trinajstić information content (AvgIpc) is 2.88. The fraction of sp³-hybridized carbons (Fsp3) is 0.538. The summed E-state index contributed by atoms with van der Waals surface area (Å²) < 4.78 is 31.0. The summed E-state index contributed by atoms with van der Waals surface area (Å²) in [6, 6.07) is 0. The zero-order valence-electron chi connectivity index (χ0n) is 13.0. The van der Waals surface area contributed by atoms with Gasteiger partial charge in [0.25, 0.3) is 0 Å². The third-order valence-electron chi connectivity index (χ3n) is 3.67. The normalized spacial score (nSPS) is 12.0. The lowest BCUT2D eigenvalue weighted by atomic mass is 10.3. The number of hydrogen-bond donors (Lipinski definition) is 1. The van der Waals surface area contributed by atoms with Crippen molar-refractivity contribution in [2.24, 2.45) is 7.05 Å². The molecule has 8 heteroatoms. The standard InChI is InChI=1S/C13H21N5O2S/c1-6-18-10(3)12(7-14-18)8-15-21(19,20)13-9(2)16-17(5)11(13)4/h7,15H,6,8H2,1-5H3. The number of aromatic nitrogens is 4. The van der Waals surface area contributed by atoms with Gasteiger partial charge in [-0.05, 0) is 27.7 Å². The predicted molar refractivity (Wildman–Crippen MR) is 79.3 cm³/mol. The molecule has 0 aliphatic rings. The van der Waals surface area contributed by atoms with Crippen molar-refractivity contribution in [3.05, 3.63) is 28.8 Å². The zero-order chi connectivity index (χ0) is 15.8. The summed E-state index contributed by atoms with van der Waals surface area (Å²) >= 11 is 0. The van der Waals surface area contributed by atoms with E-state index < -0.39 is 10.0 Å². The minimum absolute atomic E-state index is 0.224. The Kier molecular flexibility index (Phi) is 4.20. The molecule has 0 radical (unpaired) electrons. The average molecular weight is 311 g/mol. The lowest BCUT2D eigenvalue weighted by molar-refractivity contribution is 0.579. The zero-order valence-corrected chi connectivity index (χ0v) is 13.8. The van der Waals surface area contributed by atoms with Crippen molar-refractivity contribution in [2.75, 3.05) is 0 Å². The van der Waals surface area contributed by atoms with Crippen LogP contribution in [0.5, 0.6) is 0 Å². The third-order valence-corrected chi connectivity index (χ3v) is 5.32. The highest BCUT2D eigenvalue weighted by molar-refractivity contribution is 7.89. The molecule has 7 nitrogen and oxygen atoms in total. The molecule has 0 aliphatic carbocycles. The summed E-state index contributed by atoms with van der Waals surface area (Å²) in [5.41, 5.74) is 2.98. The molecule has 0 atom stereocenters. The van der Waals surface area contributed by atoms with Crippen molar-refractivity contribution >= 4 is 10.0 Å². The molecule has 0 aromatic carbocycles. The summed E-state index contributed by atoms with van der Waals surface area (Å²) in [7, 11) is -1.85. The van der Waals surface area contributed by atoms with Gasteiger partial charge in [-0.2, -0.15) is 10.2 Å². The second-order valence-corrected chi connectivity index (χ2v) is 6.72. The fourth-order valence-electron chi connectivity index (χ4n) is 2.37. The summed E-state index contributed by atoms with van der Waals surface area (Å²) in [5, 5.41) is 8.36. The molecule has 0 saturated carbocycles. The molecular formula is C13H21N5O2S. The Morgan fingerprint density at radius 1 is 1.24 bits per heavy atom. The van der Waals surface area contributed by atoms with Gasteiger partial charge in [-0.25, -0.2) is 13.1 Å². The van der Waals surface area contributed by atoms with Crippen LogP contribution in [0.1, 0.15) is 29.6 Å². The first-order valence-electron chi connectivity index (χ1n) is 6.79. The highest BCUT2D eigenvalue weighted by Gasteiger charge is 2.23. The van der Waals surface area contributed by atoms with Crippen LogP contribution in [0.4, 0.5) is 0 Å². The number of sulfonamides is 1. The molecule has 0 spiro atoms. The quantitative estimate of drug-likeness (QED) is 0.894. The van der Waals surface area contributed by atoms with Gasteiger partial charge >= 0.3 is 0 Å². The first-order valence-corrected chi connectivity index (χ1v) is 8.27. The highest BCUT2D eigenvalue weighted by atomic mass is 32.2. The highest BCUT2D eigenvalue weighted by Crippen LogP contribution is 2.19. The van der Waals surface area contributed by atoms with Crippen LogP contribution in [0.25, 0.3) is 0 Å². The van der Waals surface area contributed by atoms with Crippen LogP contribution in [0.3, 0.4) is 0 Å². The van der Waals surface area contributed by atoms with Gasteiger partial charge < -0.3 is 0 Å². The Morgan fingerprint density at radius 3 is 2.38 bits per heavy atom. The molecule has 0 fully saturated rings. The van der Waals surface area contributed by atoms with Crippen LogP contribution < -0.4 is 4.72 Å². The smallest absolute Gasteiger partial charge is 0.244 e. The van der Waals surface area contributed by atoms with Crippen LogP contribution in [-0.4, -0.2) is 28.0 Å². The van der Waals surface area contributed by atoms with Crippen LogP contribution >= 0.6 is 0 Å². The largest absolute Gasteiger partial charge is 0.271 e. The molecule has 0 unspecified atom stereocenters. The molecule has 116 valence electrons. The minimum atomic E-state index is -3.58. The van der Waals surface area contributed by atoms with Crippen molar-refractivity contribution < 1.29 is 8.42 Å². The van der Waals surface area contributed by atoms with Gasteiger partial charge in [-0.1, -0.05) is 0 Å². The summed E-state index contributed by atoms with van der Waals surface area (Å²) in [5.74, 6) is 0. The van der Waals surface area contributed by atoms with Gasteiger partial charge in [-0.3, -0.25) is 9.36 Å². The topological polar surface area (TPSA) is 81.8 Å². The minimum Gasteiger partial charge on any atom is -0.271 e. The van der Waals surface area contributed by atoms with E-state index in [-0.39, 0.29) is 11.4 Å². The van der Waals surface area contributed by atoms with E-state index >= 15 is 0 Å². The molecule has 0 bridgehead atoms. The van der Waals surface area contributed by atoms with E-state index in [0.29, 0.717) is 11.4 Å². The van der Waals surface area contributed by atoms with E-state index in [1.165, 1.54) is 0 Å². The van der Waals surface area contributed by atoms with Gasteiger partial charge in [0.15, 0.2) is 0 Å². The molecule has 21 heavy (non-hydrogen) atoms. The number of nitrogens with one attached hydrogen (secondary N) is 1. The molecule has 0 aliphatic heterocycles. The molecule has 1 N–H and O–H groups in total. The Hall–Kier alpha value is -1.67. The Labute approximate surface area is 125 Å². The number of rotatable bonds is 5. The van der Waals surface area contributed by atoms with E-state index in [9.17, 15) is 8.42 Å². The fourth-order valence-corrected chi connectivity index (χ4v) is 3.81. The van der Waals surface area contributed by atoms with Crippen molar-refractivity contribution in [3.8, 4) is 0 Å². The molecule has 2 aromatic heterocycles. The van der Waals surface area contributed by atoms with Gasteiger partial charge in [-0.15, -0.1) is 0 Å². The number of hydrogen-bond acceptors (Lipinski definition) is 4. The lowest BCUT2D eigenvalue weighted by Crippen LogP contribution is -2.24. The van der Waals surface area contributed by atoms with Crippen molar-refractivity contribution in [2.45, 2.75) is 45.7 Å². The third kappa shape index (κ3) is 2.86. The second kappa shape index (κ2) is 5.61. The van der Waals surface area contributed by atoms with E-state index in [4.69, 9.17) is 0 Å². The Bertz CT molecular complexity index is 758. The summed E-state index contributed by atoms with van der Waals surface area (Å²) in [6.45, 7) is 8.36. The first-order chi connectivity index (χ1) is 9.77. The van der Waals surface area contributed by atoms with Gasteiger partial charge in [0.1, 0.15) is 4.90 Å². The number of aryl methyl sites for hydroxylation is 3. The maximum Gasteiger partial charge on any atom is 0.244 e. The van der Waals surface area contributed by atoms with Gasteiger partial charge in [0.2, 0.25) is 10.0 Å². The lowest BCUT2D eigenvalue weighted by Gasteiger charge is -2.07. The monoisotopic (exact) mass is 311 g/mol. The van der Waals surface area contributed by atoms with Gasteiger partial charge in [0, 0.05) is 31.4 Å². The number of nitrogens with zero attached hydrogens (tertiary/aromatic N) is 4. The van der Waals surface area contributed by atoms with E-state index in [0.717, 1.165) is 17.8 Å². The Morgan fingerprint density at radius 2 is 1.90 bits per heavy atom. The molecular weight excluding hydrogens is 290 g/mol. The first kappa shape index (κ1) is 15.7. The molecule has 2 aromatic rings. The van der Waals surface area contributed by atoms with Gasteiger partial charge in [0.05, 0.1) is 17.6 Å². The van der Waals surface area contributed by atoms with Crippen molar-refractivity contribution in [3.63, 3.8) is 0 Å². The summed E-state index contributed by atoms with van der Waals surface area (Å²) in [4.78, 5) is 0.255. The molecule has 2 heterocycles. The van der Waals surface area contributed by atoms with Crippen LogP contribution in [0, 0.1) is 20.8 Å². The van der Waals surface area contributed by atoms with Crippen LogP contribution in [0.15, 0.2) is 11.1 Å². The van der Waals surface area contributed by atoms with Crippen LogP contribution in [-0.2, 0) is 30.2 Å².